The van der Waals surface area contributed by atoms with Gasteiger partial charge in [0, 0.05) is 6.20 Å². The van der Waals surface area contributed by atoms with Crippen molar-refractivity contribution in [3.63, 3.8) is 0 Å². The molecule has 0 aliphatic heterocycles. The van der Waals surface area contributed by atoms with Crippen LogP contribution in [0.2, 0.25) is 0 Å². The number of rotatable bonds is 2. The molecule has 2 aromatic rings. The van der Waals surface area contributed by atoms with E-state index >= 15 is 0 Å². The van der Waals surface area contributed by atoms with Gasteiger partial charge >= 0.3 is 5.97 Å². The average Bonchev–Trinajstić information content (AvgIpc) is 2.65. The number of aromatic nitrogens is 3. The Kier molecular flexibility index (Phi) is 2.51. The molecule has 0 saturated heterocycles. The predicted octanol–water partition coefficient (Wildman–Crippen LogP) is 1.93. The zero-order valence-corrected chi connectivity index (χ0v) is 9.02. The molecule has 0 aliphatic rings. The molecule has 2 aromatic heterocycles. The monoisotopic (exact) mass is 267 g/mol. The number of H-pyrrole nitrogens is 1. The highest BCUT2D eigenvalue weighted by Crippen LogP contribution is 2.21. The summed E-state index contributed by atoms with van der Waals surface area (Å²) in [5, 5.41) is 15.5. The number of hydrogen-bond donors (Lipinski definition) is 2. The second-order valence-electron chi connectivity index (χ2n) is 2.81. The number of carboxylic acids is 1. The van der Waals surface area contributed by atoms with Gasteiger partial charge in [0.2, 0.25) is 0 Å². The van der Waals surface area contributed by atoms with E-state index in [4.69, 9.17) is 5.11 Å². The van der Waals surface area contributed by atoms with Crippen molar-refractivity contribution in [2.45, 2.75) is 0 Å². The number of pyridine rings is 1. The number of carboxylic acid groups (broad SMARTS) is 1. The maximum absolute atomic E-state index is 10.9. The van der Waals surface area contributed by atoms with Gasteiger partial charge in [-0.3, -0.25) is 10.1 Å². The average molecular weight is 268 g/mol. The van der Waals surface area contributed by atoms with Gasteiger partial charge in [-0.25, -0.2) is 4.79 Å². The first-order valence-corrected chi connectivity index (χ1v) is 4.87. The molecule has 0 aliphatic carbocycles. The first-order valence-electron chi connectivity index (χ1n) is 4.08. The van der Waals surface area contributed by atoms with Crippen molar-refractivity contribution in [2.75, 3.05) is 0 Å². The zero-order valence-electron chi connectivity index (χ0n) is 7.44. The summed E-state index contributed by atoms with van der Waals surface area (Å²) < 4.78 is 0.680. The fraction of sp³-hybridized carbons (Fsp3) is 0. The van der Waals surface area contributed by atoms with E-state index in [-0.39, 0.29) is 5.56 Å². The summed E-state index contributed by atoms with van der Waals surface area (Å²) in [5.41, 5.74) is 0.989. The molecule has 0 aromatic carbocycles. The lowest BCUT2D eigenvalue weighted by atomic mass is 10.1. The quantitative estimate of drug-likeness (QED) is 0.872. The normalized spacial score (nSPS) is 10.2. The maximum atomic E-state index is 10.9. The molecular formula is C9H6BrN3O2. The first-order chi connectivity index (χ1) is 7.18. The number of carbonyl (C=O) groups is 1. The Hall–Kier alpha value is -1.69. The van der Waals surface area contributed by atoms with Gasteiger partial charge in [0.1, 0.15) is 16.0 Å². The van der Waals surface area contributed by atoms with Gasteiger partial charge in [-0.1, -0.05) is 0 Å². The van der Waals surface area contributed by atoms with Crippen LogP contribution in [0.5, 0.6) is 0 Å². The third-order valence-electron chi connectivity index (χ3n) is 1.83. The third-order valence-corrected chi connectivity index (χ3v) is 2.23. The number of aromatic carboxylic acids is 1. The van der Waals surface area contributed by atoms with Gasteiger partial charge in [-0.05, 0) is 34.1 Å². The van der Waals surface area contributed by atoms with E-state index in [1.807, 2.05) is 0 Å². The second-order valence-corrected chi connectivity index (χ2v) is 3.66. The van der Waals surface area contributed by atoms with Crippen LogP contribution in [0.1, 0.15) is 10.4 Å². The predicted molar refractivity (Wildman–Crippen MR) is 56.5 cm³/mol. The van der Waals surface area contributed by atoms with Crippen LogP contribution in [0.3, 0.4) is 0 Å². The molecular weight excluding hydrogens is 262 g/mol. The van der Waals surface area contributed by atoms with E-state index < -0.39 is 5.97 Å². The van der Waals surface area contributed by atoms with Crippen LogP contribution in [0.15, 0.2) is 29.0 Å². The molecule has 6 heteroatoms. The highest BCUT2D eigenvalue weighted by Gasteiger charge is 2.14. The minimum Gasteiger partial charge on any atom is -0.478 e. The summed E-state index contributed by atoms with van der Waals surface area (Å²) in [6, 6.07) is 4.75. The van der Waals surface area contributed by atoms with Crippen molar-refractivity contribution < 1.29 is 9.90 Å². The van der Waals surface area contributed by atoms with Gasteiger partial charge in [0.15, 0.2) is 0 Å². The Morgan fingerprint density at radius 1 is 1.53 bits per heavy atom. The molecule has 0 saturated carbocycles. The molecule has 0 radical (unpaired) electrons. The molecule has 2 rings (SSSR count). The number of nitrogens with zero attached hydrogens (tertiary/aromatic N) is 2. The number of nitrogens with one attached hydrogen (secondary N) is 1. The number of hydrogen-bond acceptors (Lipinski definition) is 3. The van der Waals surface area contributed by atoms with Gasteiger partial charge in [0.25, 0.3) is 0 Å². The summed E-state index contributed by atoms with van der Waals surface area (Å²) in [6.07, 6.45) is 1.53. The van der Waals surface area contributed by atoms with Crippen LogP contribution in [0.25, 0.3) is 11.4 Å². The summed E-state index contributed by atoms with van der Waals surface area (Å²) in [7, 11) is 0. The number of halogens is 1. The molecule has 5 nitrogen and oxygen atoms in total. The minimum absolute atomic E-state index is 0.136. The third kappa shape index (κ3) is 1.89. The minimum atomic E-state index is -1.02. The maximum Gasteiger partial charge on any atom is 0.337 e. The molecule has 0 spiro atoms. The largest absolute Gasteiger partial charge is 0.478 e. The fourth-order valence-electron chi connectivity index (χ4n) is 1.20. The lowest BCUT2D eigenvalue weighted by Gasteiger charge is -1.99. The first kappa shape index (κ1) is 9.85. The molecule has 0 fully saturated rings. The van der Waals surface area contributed by atoms with Crippen molar-refractivity contribution in [1.82, 2.24) is 15.2 Å². The van der Waals surface area contributed by atoms with Gasteiger partial charge in [-0.15, -0.1) is 0 Å². The summed E-state index contributed by atoms with van der Waals surface area (Å²) in [5.74, 6) is -1.02. The van der Waals surface area contributed by atoms with Crippen molar-refractivity contribution in [3.8, 4) is 11.4 Å². The van der Waals surface area contributed by atoms with E-state index in [0.29, 0.717) is 16.0 Å². The highest BCUT2D eigenvalue weighted by atomic mass is 79.9. The Balaban J connectivity index is 2.57. The SMILES string of the molecule is O=C(O)c1cccnc1-c1cc(Br)[nH]n1. The summed E-state index contributed by atoms with van der Waals surface area (Å²) in [4.78, 5) is 14.9. The van der Waals surface area contributed by atoms with Crippen LogP contribution in [-0.2, 0) is 0 Å². The fourth-order valence-corrected chi connectivity index (χ4v) is 1.51. The van der Waals surface area contributed by atoms with Gasteiger partial charge < -0.3 is 5.11 Å². The lowest BCUT2D eigenvalue weighted by molar-refractivity contribution is 0.0697. The molecule has 2 heterocycles. The zero-order chi connectivity index (χ0) is 10.8. The molecule has 0 bridgehead atoms. The van der Waals surface area contributed by atoms with E-state index in [9.17, 15) is 4.79 Å². The standard InChI is InChI=1S/C9H6BrN3O2/c10-7-4-6(12-13-7)8-5(9(14)15)2-1-3-11-8/h1-4H,(H,12,13)(H,14,15). The summed E-state index contributed by atoms with van der Waals surface area (Å²) in [6.45, 7) is 0. The Bertz CT molecular complexity index is 510. The molecule has 0 amide bonds. The molecule has 0 atom stereocenters. The molecule has 76 valence electrons. The molecule has 0 unspecified atom stereocenters. The number of aromatic amines is 1. The van der Waals surface area contributed by atoms with Crippen LogP contribution in [0, 0.1) is 0 Å². The van der Waals surface area contributed by atoms with Gasteiger partial charge in [0.05, 0.1) is 5.56 Å². The highest BCUT2D eigenvalue weighted by molar-refractivity contribution is 9.10. The van der Waals surface area contributed by atoms with Gasteiger partial charge in [-0.2, -0.15) is 5.10 Å². The van der Waals surface area contributed by atoms with Crippen LogP contribution in [0.4, 0.5) is 0 Å². The van der Waals surface area contributed by atoms with E-state index in [1.165, 1.54) is 12.3 Å². The topological polar surface area (TPSA) is 78.9 Å². The second kappa shape index (κ2) is 3.82. The summed E-state index contributed by atoms with van der Waals surface area (Å²) >= 11 is 3.20. The molecule has 15 heavy (non-hydrogen) atoms. The van der Waals surface area contributed by atoms with E-state index in [2.05, 4.69) is 31.1 Å². The lowest BCUT2D eigenvalue weighted by Crippen LogP contribution is -2.01. The molecule has 2 N–H and O–H groups in total. The van der Waals surface area contributed by atoms with Crippen molar-refractivity contribution in [1.29, 1.82) is 0 Å². The van der Waals surface area contributed by atoms with Crippen LogP contribution in [-0.4, -0.2) is 26.3 Å². The Morgan fingerprint density at radius 2 is 2.33 bits per heavy atom. The van der Waals surface area contributed by atoms with E-state index in [0.717, 1.165) is 0 Å². The van der Waals surface area contributed by atoms with Crippen molar-refractivity contribution in [2.24, 2.45) is 0 Å². The Labute approximate surface area is 93.3 Å². The van der Waals surface area contributed by atoms with Crippen LogP contribution < -0.4 is 0 Å². The van der Waals surface area contributed by atoms with Crippen molar-refractivity contribution >= 4 is 21.9 Å². The Morgan fingerprint density at radius 3 is 2.93 bits per heavy atom. The van der Waals surface area contributed by atoms with E-state index in [1.54, 1.807) is 12.1 Å². The smallest absolute Gasteiger partial charge is 0.337 e. The van der Waals surface area contributed by atoms with Crippen molar-refractivity contribution in [3.05, 3.63) is 34.6 Å². The van der Waals surface area contributed by atoms with Crippen LogP contribution >= 0.6 is 15.9 Å².